The van der Waals surface area contributed by atoms with E-state index in [1.807, 2.05) is 13.8 Å². The highest BCUT2D eigenvalue weighted by Gasteiger charge is 2.41. The van der Waals surface area contributed by atoms with Crippen LogP contribution in [0.5, 0.6) is 5.75 Å². The van der Waals surface area contributed by atoms with Gasteiger partial charge in [0.05, 0.1) is 16.3 Å². The van der Waals surface area contributed by atoms with Gasteiger partial charge in [-0.3, -0.25) is 4.99 Å². The average Bonchev–Trinajstić information content (AvgIpc) is 3.22. The number of aliphatic carboxylic acids is 1. The monoisotopic (exact) mass is 637 g/mol. The van der Waals surface area contributed by atoms with Crippen LogP contribution in [-0.4, -0.2) is 59.8 Å². The number of hydrogen-bond acceptors (Lipinski definition) is 8. The number of hydrogen-bond donors (Lipinski definition) is 3. The van der Waals surface area contributed by atoms with Crippen molar-refractivity contribution in [3.05, 3.63) is 63.7 Å². The van der Waals surface area contributed by atoms with E-state index >= 15 is 0 Å². The van der Waals surface area contributed by atoms with E-state index in [2.05, 4.69) is 4.99 Å². The van der Waals surface area contributed by atoms with E-state index in [4.69, 9.17) is 27.2 Å². The molecule has 2 heterocycles. The third kappa shape index (κ3) is 7.09. The highest BCUT2D eigenvalue weighted by molar-refractivity contribution is 7.88. The van der Waals surface area contributed by atoms with Crippen LogP contribution in [0.1, 0.15) is 41.9 Å². The number of aromatic carboxylic acids is 1. The van der Waals surface area contributed by atoms with Gasteiger partial charge in [-0.1, -0.05) is 29.8 Å². The first-order valence-corrected chi connectivity index (χ1v) is 15.6. The number of nitrogens with zero attached hydrogens (tertiary/aromatic N) is 2. The van der Waals surface area contributed by atoms with E-state index in [0.29, 0.717) is 29.7 Å². The number of nitrogen functional groups attached to an aromatic ring is 1. The lowest BCUT2D eigenvalue weighted by Crippen LogP contribution is -2.53. The number of aliphatic imine (C=N–C) groups is 1. The molecular formula is C28H29ClFN3O7S2. The van der Waals surface area contributed by atoms with Gasteiger partial charge in [0, 0.05) is 24.0 Å². The van der Waals surface area contributed by atoms with Crippen LogP contribution in [0.25, 0.3) is 10.4 Å². The first-order chi connectivity index (χ1) is 19.7. The molecule has 224 valence electrons. The maximum Gasteiger partial charge on any atom is 0.349 e. The third-order valence-corrected chi connectivity index (χ3v) is 10.5. The van der Waals surface area contributed by atoms with Gasteiger partial charge in [0.15, 0.2) is 17.2 Å². The normalized spacial score (nSPS) is 17.4. The van der Waals surface area contributed by atoms with Crippen LogP contribution >= 0.6 is 22.9 Å². The lowest BCUT2D eigenvalue weighted by atomic mass is 9.85. The molecule has 1 unspecified atom stereocenters. The second-order valence-corrected chi connectivity index (χ2v) is 13.8. The van der Waals surface area contributed by atoms with E-state index in [1.165, 1.54) is 22.5 Å². The molecule has 10 nitrogen and oxygen atoms in total. The number of sulfonamides is 1. The lowest BCUT2D eigenvalue weighted by molar-refractivity contribution is -0.139. The molecule has 2 aromatic carbocycles. The summed E-state index contributed by atoms with van der Waals surface area (Å²) in [5, 5.41) is 18.3. The minimum absolute atomic E-state index is 0.0173. The molecular weight excluding hydrogens is 609 g/mol. The predicted molar refractivity (Wildman–Crippen MR) is 160 cm³/mol. The van der Waals surface area contributed by atoms with Crippen molar-refractivity contribution in [2.24, 2.45) is 10.9 Å². The number of anilines is 1. The Bertz CT molecular complexity index is 1660. The van der Waals surface area contributed by atoms with Gasteiger partial charge in [-0.2, -0.15) is 4.31 Å². The maximum absolute atomic E-state index is 14.7. The molecule has 0 spiro atoms. The first kappa shape index (κ1) is 31.4. The highest BCUT2D eigenvalue weighted by atomic mass is 35.5. The van der Waals surface area contributed by atoms with Crippen LogP contribution in [-0.2, 0) is 20.6 Å². The summed E-state index contributed by atoms with van der Waals surface area (Å²) in [6, 6.07) is 10.8. The summed E-state index contributed by atoms with van der Waals surface area (Å²) in [6.07, 6.45) is 2.54. The van der Waals surface area contributed by atoms with E-state index in [9.17, 15) is 27.5 Å². The molecule has 3 aromatic rings. The molecule has 14 heteroatoms. The summed E-state index contributed by atoms with van der Waals surface area (Å²) in [5.41, 5.74) is 6.53. The molecule has 1 saturated heterocycles. The van der Waals surface area contributed by atoms with Crippen molar-refractivity contribution in [2.45, 2.75) is 38.0 Å². The molecule has 4 rings (SSSR count). The Balaban J connectivity index is 1.53. The number of carbonyl (C=O) groups is 2. The molecule has 42 heavy (non-hydrogen) atoms. The Morgan fingerprint density at radius 1 is 1.26 bits per heavy atom. The predicted octanol–water partition coefficient (Wildman–Crippen LogP) is 5.67. The SMILES string of the molecule is CC1(C)CC(C=Nc2cc(-c3sc(C(=O)O)c(OCC(=O)O)c3Cl)ccc2F)CCN1S(=O)(=O)Cc1cccc(N)c1. The zero-order chi connectivity index (χ0) is 30.8. The molecule has 4 N–H and O–H groups in total. The summed E-state index contributed by atoms with van der Waals surface area (Å²) in [7, 11) is -3.64. The number of halogens is 2. The molecule has 1 aliphatic rings. The summed E-state index contributed by atoms with van der Waals surface area (Å²) in [4.78, 5) is 26.9. The number of nitrogens with two attached hydrogens (primary N) is 1. The smallest absolute Gasteiger partial charge is 0.349 e. The number of thiophene rings is 1. The van der Waals surface area contributed by atoms with Crippen molar-refractivity contribution in [1.29, 1.82) is 0 Å². The fourth-order valence-corrected chi connectivity index (χ4v) is 8.34. The molecule has 1 aliphatic heterocycles. The fourth-order valence-electron chi connectivity index (χ4n) is 4.97. The minimum Gasteiger partial charge on any atom is -0.479 e. The Morgan fingerprint density at radius 3 is 2.64 bits per heavy atom. The molecule has 1 fully saturated rings. The second-order valence-electron chi connectivity index (χ2n) is 10.5. The van der Waals surface area contributed by atoms with Gasteiger partial charge in [0.25, 0.3) is 0 Å². The van der Waals surface area contributed by atoms with Crippen LogP contribution in [0, 0.1) is 11.7 Å². The van der Waals surface area contributed by atoms with Crippen LogP contribution in [0.15, 0.2) is 47.5 Å². The number of benzene rings is 2. The zero-order valence-corrected chi connectivity index (χ0v) is 25.1. The van der Waals surface area contributed by atoms with Crippen LogP contribution < -0.4 is 10.5 Å². The Labute approximate surface area is 251 Å². The summed E-state index contributed by atoms with van der Waals surface area (Å²) in [6.45, 7) is 3.16. The van der Waals surface area contributed by atoms with Crippen molar-refractivity contribution in [3.8, 4) is 16.2 Å². The highest BCUT2D eigenvalue weighted by Crippen LogP contribution is 2.46. The average molecular weight is 638 g/mol. The standard InChI is InChI=1S/C28H29ClFN3O7S2/c1-28(2)12-17(8-9-33(28)42(38,39)15-16-4-3-5-19(31)10-16)13-32-21-11-18(6-7-20(21)30)25-23(29)24(40-14-22(34)35)26(41-25)27(36)37/h3-7,10-11,13,17H,8-9,12,14-15,31H2,1-2H3,(H,34,35)(H,36,37). The topological polar surface area (TPSA) is 160 Å². The van der Waals surface area contributed by atoms with Gasteiger partial charge in [-0.15, -0.1) is 11.3 Å². The quantitative estimate of drug-likeness (QED) is 0.189. The fraction of sp³-hybridized carbons (Fsp3) is 0.321. The number of piperidine rings is 1. The summed E-state index contributed by atoms with van der Waals surface area (Å²) < 4.78 is 47.9. The second kappa shape index (κ2) is 12.4. The van der Waals surface area contributed by atoms with Crippen LogP contribution in [0.3, 0.4) is 0 Å². The molecule has 1 aromatic heterocycles. The van der Waals surface area contributed by atoms with E-state index in [1.54, 1.807) is 30.5 Å². The molecule has 0 saturated carbocycles. The Kier molecular flexibility index (Phi) is 9.26. The number of rotatable bonds is 10. The molecule has 0 radical (unpaired) electrons. The molecule has 0 amide bonds. The van der Waals surface area contributed by atoms with Crippen molar-refractivity contribution in [1.82, 2.24) is 4.31 Å². The first-order valence-electron chi connectivity index (χ1n) is 12.8. The largest absolute Gasteiger partial charge is 0.479 e. The molecule has 1 atom stereocenters. The third-order valence-electron chi connectivity index (χ3n) is 6.75. The zero-order valence-electron chi connectivity index (χ0n) is 22.7. The molecule has 0 bridgehead atoms. The number of ether oxygens (including phenoxy) is 1. The van der Waals surface area contributed by atoms with Gasteiger partial charge in [0.2, 0.25) is 10.0 Å². The Hall–Kier alpha value is -3.52. The maximum atomic E-state index is 14.7. The minimum atomic E-state index is -3.64. The van der Waals surface area contributed by atoms with Gasteiger partial charge in [-0.05, 0) is 68.0 Å². The van der Waals surface area contributed by atoms with Crippen LogP contribution in [0.4, 0.5) is 15.8 Å². The van der Waals surface area contributed by atoms with E-state index in [-0.39, 0.29) is 44.4 Å². The van der Waals surface area contributed by atoms with Crippen molar-refractivity contribution >= 4 is 62.5 Å². The molecule has 0 aliphatic carbocycles. The van der Waals surface area contributed by atoms with Crippen molar-refractivity contribution in [2.75, 3.05) is 18.9 Å². The Morgan fingerprint density at radius 2 is 2.00 bits per heavy atom. The van der Waals surface area contributed by atoms with E-state index < -0.39 is 39.9 Å². The number of carboxylic acid groups (broad SMARTS) is 2. The summed E-state index contributed by atoms with van der Waals surface area (Å²) >= 11 is 7.13. The van der Waals surface area contributed by atoms with Crippen molar-refractivity contribution in [3.63, 3.8) is 0 Å². The number of carboxylic acids is 2. The van der Waals surface area contributed by atoms with Crippen LogP contribution in [0.2, 0.25) is 5.02 Å². The lowest BCUT2D eigenvalue weighted by Gasteiger charge is -2.43. The van der Waals surface area contributed by atoms with Crippen molar-refractivity contribution < 1.29 is 37.3 Å². The van der Waals surface area contributed by atoms with E-state index in [0.717, 1.165) is 11.3 Å². The van der Waals surface area contributed by atoms with Gasteiger partial charge < -0.3 is 20.7 Å². The van der Waals surface area contributed by atoms with Gasteiger partial charge >= 0.3 is 11.9 Å². The van der Waals surface area contributed by atoms with Gasteiger partial charge in [-0.25, -0.2) is 22.4 Å². The van der Waals surface area contributed by atoms with Gasteiger partial charge in [0.1, 0.15) is 10.8 Å². The summed E-state index contributed by atoms with van der Waals surface area (Å²) in [5.74, 6) is -3.86.